The van der Waals surface area contributed by atoms with Crippen LogP contribution in [0.2, 0.25) is 0 Å². The molecule has 1 aromatic heterocycles. The van der Waals surface area contributed by atoms with Crippen molar-refractivity contribution in [3.63, 3.8) is 0 Å². The maximum atomic E-state index is 13.8. The summed E-state index contributed by atoms with van der Waals surface area (Å²) in [5.74, 6) is -2.79. The molecule has 9 heteroatoms. The standard InChI is InChI=1S/C20H16F4N2O2S/c1-2-26(19(28)20(22,23)24)11-12-5-3-6-13(9-12)25-18(27)17-10-14-15(21)7-4-8-16(14)29-17/h3-10H,2,11H2,1H3,(H,25,27). The largest absolute Gasteiger partial charge is 0.471 e. The second-order valence-electron chi connectivity index (χ2n) is 6.23. The summed E-state index contributed by atoms with van der Waals surface area (Å²) in [4.78, 5) is 24.9. The van der Waals surface area contributed by atoms with Crippen molar-refractivity contribution in [2.24, 2.45) is 0 Å². The Morgan fingerprint density at radius 1 is 1.10 bits per heavy atom. The van der Waals surface area contributed by atoms with E-state index in [9.17, 15) is 27.2 Å². The summed E-state index contributed by atoms with van der Waals surface area (Å²) in [5, 5.41) is 3.00. The molecule has 0 fully saturated rings. The van der Waals surface area contributed by atoms with Gasteiger partial charge in [-0.3, -0.25) is 9.59 Å². The van der Waals surface area contributed by atoms with Crippen LogP contribution < -0.4 is 5.32 Å². The van der Waals surface area contributed by atoms with Gasteiger partial charge in [-0.2, -0.15) is 13.2 Å². The molecule has 2 aromatic carbocycles. The van der Waals surface area contributed by atoms with Crippen molar-refractivity contribution < 1.29 is 27.2 Å². The zero-order valence-electron chi connectivity index (χ0n) is 15.2. The molecular weight excluding hydrogens is 408 g/mol. The number of hydrogen-bond acceptors (Lipinski definition) is 3. The molecule has 0 aliphatic heterocycles. The molecule has 4 nitrogen and oxygen atoms in total. The van der Waals surface area contributed by atoms with Gasteiger partial charge in [0, 0.05) is 28.9 Å². The quantitative estimate of drug-likeness (QED) is 0.572. The molecule has 0 bridgehead atoms. The minimum atomic E-state index is -4.95. The van der Waals surface area contributed by atoms with Crippen LogP contribution in [0.4, 0.5) is 23.2 Å². The van der Waals surface area contributed by atoms with Crippen LogP contribution in [-0.4, -0.2) is 29.4 Å². The predicted molar refractivity (Wildman–Crippen MR) is 103 cm³/mol. The lowest BCUT2D eigenvalue weighted by Crippen LogP contribution is -2.40. The smallest absolute Gasteiger partial charge is 0.331 e. The van der Waals surface area contributed by atoms with Gasteiger partial charge in [-0.15, -0.1) is 11.3 Å². The van der Waals surface area contributed by atoms with Crippen LogP contribution in [0, 0.1) is 5.82 Å². The van der Waals surface area contributed by atoms with Gasteiger partial charge in [0.2, 0.25) is 0 Å². The summed E-state index contributed by atoms with van der Waals surface area (Å²) in [6.45, 7) is 1.10. The zero-order chi connectivity index (χ0) is 21.2. The second kappa shape index (κ2) is 8.20. The lowest BCUT2D eigenvalue weighted by Gasteiger charge is -2.22. The van der Waals surface area contributed by atoms with E-state index in [0.29, 0.717) is 31.1 Å². The Balaban J connectivity index is 1.76. The number of halogens is 4. The molecule has 0 saturated heterocycles. The number of nitrogens with one attached hydrogen (secondary N) is 1. The van der Waals surface area contributed by atoms with Crippen molar-refractivity contribution in [2.75, 3.05) is 11.9 Å². The maximum absolute atomic E-state index is 13.8. The number of alkyl halides is 3. The van der Waals surface area contributed by atoms with Gasteiger partial charge < -0.3 is 10.2 Å². The highest BCUT2D eigenvalue weighted by Crippen LogP contribution is 2.28. The first-order valence-corrected chi connectivity index (χ1v) is 9.45. The molecule has 0 atom stereocenters. The van der Waals surface area contributed by atoms with Crippen LogP contribution in [-0.2, 0) is 11.3 Å². The van der Waals surface area contributed by atoms with E-state index < -0.39 is 23.8 Å². The van der Waals surface area contributed by atoms with Crippen molar-refractivity contribution in [1.29, 1.82) is 0 Å². The Hall–Kier alpha value is -2.94. The number of benzene rings is 2. The number of fused-ring (bicyclic) bond motifs is 1. The fourth-order valence-corrected chi connectivity index (χ4v) is 3.77. The summed E-state index contributed by atoms with van der Waals surface area (Å²) in [7, 11) is 0. The third-order valence-corrected chi connectivity index (χ3v) is 5.30. The van der Waals surface area contributed by atoms with Gasteiger partial charge in [-0.1, -0.05) is 18.2 Å². The van der Waals surface area contributed by atoms with E-state index >= 15 is 0 Å². The number of hydrogen-bond donors (Lipinski definition) is 1. The van der Waals surface area contributed by atoms with Crippen LogP contribution in [0.15, 0.2) is 48.5 Å². The van der Waals surface area contributed by atoms with E-state index in [-0.39, 0.29) is 13.1 Å². The summed E-state index contributed by atoms with van der Waals surface area (Å²) in [6, 6.07) is 12.2. The van der Waals surface area contributed by atoms with Gasteiger partial charge in [-0.05, 0) is 42.8 Å². The molecule has 0 aliphatic carbocycles. The lowest BCUT2D eigenvalue weighted by molar-refractivity contribution is -0.185. The lowest BCUT2D eigenvalue weighted by atomic mass is 10.1. The van der Waals surface area contributed by atoms with Crippen LogP contribution in [0.25, 0.3) is 10.1 Å². The van der Waals surface area contributed by atoms with Crippen molar-refractivity contribution >= 4 is 38.9 Å². The first-order chi connectivity index (χ1) is 13.7. The van der Waals surface area contributed by atoms with Crippen molar-refractivity contribution in [3.05, 3.63) is 64.8 Å². The molecule has 3 rings (SSSR count). The summed E-state index contributed by atoms with van der Waals surface area (Å²) in [6.07, 6.45) is -4.95. The number of rotatable bonds is 5. The number of anilines is 1. The van der Waals surface area contributed by atoms with Gasteiger partial charge in [0.25, 0.3) is 5.91 Å². The Kier molecular flexibility index (Phi) is 5.88. The van der Waals surface area contributed by atoms with Crippen molar-refractivity contribution in [1.82, 2.24) is 4.90 Å². The number of nitrogens with zero attached hydrogens (tertiary/aromatic N) is 1. The fourth-order valence-electron chi connectivity index (χ4n) is 2.80. The molecule has 0 unspecified atom stereocenters. The molecule has 2 amide bonds. The highest BCUT2D eigenvalue weighted by atomic mass is 32.1. The third kappa shape index (κ3) is 4.73. The Morgan fingerprint density at radius 2 is 1.83 bits per heavy atom. The Bertz CT molecular complexity index is 1060. The van der Waals surface area contributed by atoms with Crippen LogP contribution >= 0.6 is 11.3 Å². The molecule has 29 heavy (non-hydrogen) atoms. The summed E-state index contributed by atoms with van der Waals surface area (Å²) >= 11 is 1.13. The van der Waals surface area contributed by atoms with Gasteiger partial charge >= 0.3 is 12.1 Å². The van der Waals surface area contributed by atoms with Crippen LogP contribution in [0.5, 0.6) is 0 Å². The Labute approximate surface area is 167 Å². The van der Waals surface area contributed by atoms with Crippen molar-refractivity contribution in [3.8, 4) is 0 Å². The maximum Gasteiger partial charge on any atom is 0.471 e. The van der Waals surface area contributed by atoms with Gasteiger partial charge in [0.1, 0.15) is 5.82 Å². The number of thiophene rings is 1. The molecule has 1 N–H and O–H groups in total. The third-order valence-electron chi connectivity index (χ3n) is 4.20. The highest BCUT2D eigenvalue weighted by molar-refractivity contribution is 7.20. The molecule has 3 aromatic rings. The molecular formula is C20H16F4N2O2S. The molecule has 0 aliphatic rings. The normalized spacial score (nSPS) is 11.5. The fraction of sp³-hybridized carbons (Fsp3) is 0.200. The Morgan fingerprint density at radius 3 is 2.48 bits per heavy atom. The molecule has 0 spiro atoms. The minimum Gasteiger partial charge on any atom is -0.331 e. The molecule has 0 radical (unpaired) electrons. The van der Waals surface area contributed by atoms with E-state index in [1.54, 1.807) is 30.3 Å². The highest BCUT2D eigenvalue weighted by Gasteiger charge is 2.41. The first kappa shape index (κ1) is 20.8. The van der Waals surface area contributed by atoms with Gasteiger partial charge in [0.05, 0.1) is 4.88 Å². The van der Waals surface area contributed by atoms with Gasteiger partial charge in [-0.25, -0.2) is 4.39 Å². The zero-order valence-corrected chi connectivity index (χ0v) is 16.0. The van der Waals surface area contributed by atoms with E-state index in [1.165, 1.54) is 25.1 Å². The second-order valence-corrected chi connectivity index (χ2v) is 7.32. The van der Waals surface area contributed by atoms with Crippen LogP contribution in [0.3, 0.4) is 0 Å². The average molecular weight is 424 g/mol. The van der Waals surface area contributed by atoms with Gasteiger partial charge in [0.15, 0.2) is 0 Å². The SMILES string of the molecule is CCN(Cc1cccc(NC(=O)c2cc3c(F)cccc3s2)c1)C(=O)C(F)(F)F. The first-order valence-electron chi connectivity index (χ1n) is 8.63. The number of carbonyl (C=O) groups is 2. The minimum absolute atomic E-state index is 0.109. The molecule has 152 valence electrons. The summed E-state index contributed by atoms with van der Waals surface area (Å²) < 4.78 is 52.5. The predicted octanol–water partition coefficient (Wildman–Crippen LogP) is 5.20. The monoisotopic (exact) mass is 424 g/mol. The number of amides is 2. The molecule has 0 saturated carbocycles. The molecule has 1 heterocycles. The number of carbonyl (C=O) groups excluding carboxylic acids is 2. The van der Waals surface area contributed by atoms with E-state index in [2.05, 4.69) is 5.32 Å². The average Bonchev–Trinajstić information content (AvgIpc) is 3.11. The summed E-state index contributed by atoms with van der Waals surface area (Å²) in [5.41, 5.74) is 0.797. The van der Waals surface area contributed by atoms with Crippen LogP contribution in [0.1, 0.15) is 22.2 Å². The van der Waals surface area contributed by atoms with Crippen molar-refractivity contribution in [2.45, 2.75) is 19.6 Å². The van der Waals surface area contributed by atoms with E-state index in [4.69, 9.17) is 0 Å². The topological polar surface area (TPSA) is 49.4 Å². The van der Waals surface area contributed by atoms with E-state index in [1.807, 2.05) is 0 Å². The van der Waals surface area contributed by atoms with E-state index in [0.717, 1.165) is 11.3 Å².